The quantitative estimate of drug-likeness (QED) is 0.313. The van der Waals surface area contributed by atoms with E-state index in [0.29, 0.717) is 21.8 Å². The van der Waals surface area contributed by atoms with Crippen LogP contribution in [-0.2, 0) is 6.54 Å². The van der Waals surface area contributed by atoms with Crippen molar-refractivity contribution in [2.45, 2.75) is 6.54 Å². The SMILES string of the molecule is CN(C)Cc1c(-c2ccc([N+](=O)[O-])cc2)sc(OC(N)=O)c1C(=O)Nc1ccc(OCCF)cn1. The number of nitro groups is 1. The van der Waals surface area contributed by atoms with Crippen LogP contribution < -0.4 is 20.5 Å². The number of amides is 2. The summed E-state index contributed by atoms with van der Waals surface area (Å²) >= 11 is 1.02. The van der Waals surface area contributed by atoms with Crippen molar-refractivity contribution in [2.24, 2.45) is 5.73 Å². The molecule has 0 aliphatic heterocycles. The van der Waals surface area contributed by atoms with Gasteiger partial charge in [0.25, 0.3) is 11.6 Å². The van der Waals surface area contributed by atoms with E-state index in [0.717, 1.165) is 11.3 Å². The van der Waals surface area contributed by atoms with Crippen LogP contribution in [0.1, 0.15) is 15.9 Å². The molecular weight excluding hydrogens is 481 g/mol. The molecule has 0 saturated carbocycles. The number of halogens is 1. The minimum atomic E-state index is -1.10. The molecule has 2 heterocycles. The third-order valence-electron chi connectivity index (χ3n) is 4.53. The maximum Gasteiger partial charge on any atom is 0.410 e. The first-order valence-electron chi connectivity index (χ1n) is 10.2. The lowest BCUT2D eigenvalue weighted by Crippen LogP contribution is -2.21. The van der Waals surface area contributed by atoms with Crippen LogP contribution in [0, 0.1) is 10.1 Å². The highest BCUT2D eigenvalue weighted by atomic mass is 32.1. The average Bonchev–Trinajstić information content (AvgIpc) is 3.15. The number of nitrogens with two attached hydrogens (primary N) is 1. The van der Waals surface area contributed by atoms with Gasteiger partial charge in [0.05, 0.1) is 16.7 Å². The molecule has 0 aliphatic carbocycles. The summed E-state index contributed by atoms with van der Waals surface area (Å²) in [6.07, 6.45) is 0.238. The summed E-state index contributed by atoms with van der Waals surface area (Å²) in [5, 5.41) is 13.6. The Bertz CT molecular complexity index is 1210. The van der Waals surface area contributed by atoms with Crippen molar-refractivity contribution in [1.82, 2.24) is 9.88 Å². The predicted octanol–water partition coefficient (Wildman–Crippen LogP) is 3.84. The van der Waals surface area contributed by atoms with Gasteiger partial charge < -0.3 is 25.4 Å². The number of hydrogen-bond donors (Lipinski definition) is 2. The third-order valence-corrected chi connectivity index (χ3v) is 5.69. The third kappa shape index (κ3) is 6.49. The van der Waals surface area contributed by atoms with Crippen LogP contribution in [0.4, 0.5) is 20.7 Å². The van der Waals surface area contributed by atoms with E-state index in [1.165, 1.54) is 30.5 Å². The summed E-state index contributed by atoms with van der Waals surface area (Å²) in [6, 6.07) is 8.80. The van der Waals surface area contributed by atoms with Gasteiger partial charge in [0.1, 0.15) is 24.8 Å². The molecule has 0 spiro atoms. The van der Waals surface area contributed by atoms with Crippen LogP contribution in [-0.4, -0.2) is 54.2 Å². The lowest BCUT2D eigenvalue weighted by Gasteiger charge is -2.14. The van der Waals surface area contributed by atoms with E-state index in [1.807, 2.05) is 4.90 Å². The number of non-ortho nitro benzene ring substituents is 1. The number of nitrogens with zero attached hydrogens (tertiary/aromatic N) is 3. The Kier molecular flexibility index (Phi) is 8.28. The lowest BCUT2D eigenvalue weighted by atomic mass is 10.0. The van der Waals surface area contributed by atoms with Gasteiger partial charge in [-0.15, -0.1) is 0 Å². The molecule has 0 radical (unpaired) electrons. The van der Waals surface area contributed by atoms with Gasteiger partial charge in [-0.3, -0.25) is 14.9 Å². The number of aromatic nitrogens is 1. The van der Waals surface area contributed by atoms with Gasteiger partial charge in [-0.1, -0.05) is 11.3 Å². The standard InChI is InChI=1S/C22H22FN5O6S/c1-27(2)12-16-18(20(29)26-17-8-7-15(11-25-17)33-10-9-23)21(34-22(24)30)35-19(16)13-3-5-14(6-4-13)28(31)32/h3-8,11H,9-10,12H2,1-2H3,(H2,24,30)(H,25,26,29). The van der Waals surface area contributed by atoms with Crippen molar-refractivity contribution < 1.29 is 28.4 Å². The first-order chi connectivity index (χ1) is 16.7. The van der Waals surface area contributed by atoms with Crippen LogP contribution in [0.3, 0.4) is 0 Å². The Labute approximate surface area is 203 Å². The zero-order chi connectivity index (χ0) is 25.5. The number of carbonyl (C=O) groups is 2. The molecule has 0 atom stereocenters. The zero-order valence-corrected chi connectivity index (χ0v) is 19.6. The molecule has 3 rings (SSSR count). The van der Waals surface area contributed by atoms with Crippen molar-refractivity contribution in [2.75, 3.05) is 32.7 Å². The van der Waals surface area contributed by atoms with Crippen LogP contribution in [0.15, 0.2) is 42.6 Å². The highest BCUT2D eigenvalue weighted by molar-refractivity contribution is 7.18. The van der Waals surface area contributed by atoms with E-state index in [1.54, 1.807) is 26.2 Å². The first kappa shape index (κ1) is 25.5. The fraction of sp³-hybridized carbons (Fsp3) is 0.227. The van der Waals surface area contributed by atoms with Crippen molar-refractivity contribution in [3.63, 3.8) is 0 Å². The smallest absolute Gasteiger partial charge is 0.410 e. The largest absolute Gasteiger partial charge is 0.489 e. The number of hydrogen-bond acceptors (Lipinski definition) is 9. The number of pyridine rings is 1. The van der Waals surface area contributed by atoms with Crippen molar-refractivity contribution in [3.05, 3.63) is 63.8 Å². The topological polar surface area (TPSA) is 150 Å². The Morgan fingerprint density at radius 1 is 1.23 bits per heavy atom. The molecule has 1 aromatic carbocycles. The number of anilines is 1. The van der Waals surface area contributed by atoms with Crippen molar-refractivity contribution in [3.8, 4) is 21.3 Å². The van der Waals surface area contributed by atoms with E-state index in [-0.39, 0.29) is 35.3 Å². The Morgan fingerprint density at radius 2 is 1.94 bits per heavy atom. The Hall–Kier alpha value is -4.10. The number of benzene rings is 1. The minimum absolute atomic E-state index is 0.0249. The van der Waals surface area contributed by atoms with Gasteiger partial charge in [0.15, 0.2) is 5.06 Å². The minimum Gasteiger partial charge on any atom is -0.489 e. The second kappa shape index (κ2) is 11.4. The monoisotopic (exact) mass is 503 g/mol. The molecule has 3 aromatic rings. The van der Waals surface area contributed by atoms with Gasteiger partial charge in [0.2, 0.25) is 0 Å². The number of thiophene rings is 1. The second-order valence-corrected chi connectivity index (χ2v) is 8.39. The normalized spacial score (nSPS) is 10.7. The van der Waals surface area contributed by atoms with E-state index < -0.39 is 23.6 Å². The molecule has 0 fully saturated rings. The molecule has 2 amide bonds. The fourth-order valence-electron chi connectivity index (χ4n) is 3.14. The maximum atomic E-state index is 13.3. The molecule has 0 saturated heterocycles. The van der Waals surface area contributed by atoms with E-state index in [9.17, 15) is 24.1 Å². The summed E-state index contributed by atoms with van der Waals surface area (Å²) in [5.74, 6) is -0.0818. The second-order valence-electron chi connectivity index (χ2n) is 7.41. The number of primary amides is 1. The summed E-state index contributed by atoms with van der Waals surface area (Å²) < 4.78 is 22.6. The molecular formula is C22H22FN5O6S. The Morgan fingerprint density at radius 3 is 2.49 bits per heavy atom. The average molecular weight is 504 g/mol. The Balaban J connectivity index is 2.02. The molecule has 0 bridgehead atoms. The molecule has 3 N–H and O–H groups in total. The van der Waals surface area contributed by atoms with Gasteiger partial charge in [-0.25, -0.2) is 14.2 Å². The van der Waals surface area contributed by atoms with Crippen LogP contribution in [0.5, 0.6) is 10.8 Å². The number of rotatable bonds is 10. The van der Waals surface area contributed by atoms with Gasteiger partial charge in [-0.2, -0.15) is 0 Å². The van der Waals surface area contributed by atoms with E-state index in [2.05, 4.69) is 10.3 Å². The number of carbonyl (C=O) groups excluding carboxylic acids is 2. The molecule has 184 valence electrons. The van der Waals surface area contributed by atoms with Crippen LogP contribution in [0.2, 0.25) is 0 Å². The summed E-state index contributed by atoms with van der Waals surface area (Å²) in [5.41, 5.74) is 6.35. The van der Waals surface area contributed by atoms with E-state index >= 15 is 0 Å². The number of alkyl halides is 1. The van der Waals surface area contributed by atoms with E-state index in [4.69, 9.17) is 15.2 Å². The van der Waals surface area contributed by atoms with Gasteiger partial charge in [0, 0.05) is 29.1 Å². The molecule has 35 heavy (non-hydrogen) atoms. The number of ether oxygens (including phenoxy) is 2. The summed E-state index contributed by atoms with van der Waals surface area (Å²) in [7, 11) is 3.59. The molecule has 0 aliphatic rings. The van der Waals surface area contributed by atoms with Crippen LogP contribution in [0.25, 0.3) is 10.4 Å². The van der Waals surface area contributed by atoms with Crippen molar-refractivity contribution in [1.29, 1.82) is 0 Å². The fourth-order valence-corrected chi connectivity index (χ4v) is 4.32. The van der Waals surface area contributed by atoms with Crippen LogP contribution >= 0.6 is 11.3 Å². The molecule has 0 unspecified atom stereocenters. The number of nitro benzene ring substituents is 1. The first-order valence-corrected chi connectivity index (χ1v) is 11.0. The zero-order valence-electron chi connectivity index (χ0n) is 18.8. The van der Waals surface area contributed by atoms with Crippen molar-refractivity contribution >= 4 is 34.8 Å². The lowest BCUT2D eigenvalue weighted by molar-refractivity contribution is -0.384. The predicted molar refractivity (Wildman–Crippen MR) is 128 cm³/mol. The van der Waals surface area contributed by atoms with Gasteiger partial charge in [-0.05, 0) is 43.9 Å². The molecule has 13 heteroatoms. The maximum absolute atomic E-state index is 13.3. The highest BCUT2D eigenvalue weighted by Gasteiger charge is 2.28. The number of nitrogens with one attached hydrogen (secondary N) is 1. The van der Waals surface area contributed by atoms with Gasteiger partial charge >= 0.3 is 6.09 Å². The highest BCUT2D eigenvalue weighted by Crippen LogP contribution is 2.43. The summed E-state index contributed by atoms with van der Waals surface area (Å²) in [4.78, 5) is 41.9. The summed E-state index contributed by atoms with van der Waals surface area (Å²) in [6.45, 7) is -0.475. The molecule has 2 aromatic heterocycles. The molecule has 11 nitrogen and oxygen atoms in total.